The van der Waals surface area contributed by atoms with E-state index in [0.717, 1.165) is 12.3 Å². The summed E-state index contributed by atoms with van der Waals surface area (Å²) < 4.78 is 0. The lowest BCUT2D eigenvalue weighted by Gasteiger charge is -2.44. The minimum atomic E-state index is -0.376. The first-order valence-electron chi connectivity index (χ1n) is 6.71. The Bertz CT molecular complexity index is 269. The summed E-state index contributed by atoms with van der Waals surface area (Å²) in [4.78, 5) is 0. The van der Waals surface area contributed by atoms with Crippen LogP contribution in [0.4, 0.5) is 0 Å². The van der Waals surface area contributed by atoms with Crippen LogP contribution in [0.15, 0.2) is 0 Å². The second kappa shape index (κ2) is 3.71. The predicted molar refractivity (Wildman–Crippen MR) is 67.0 cm³/mol. The van der Waals surface area contributed by atoms with Crippen LogP contribution in [0, 0.1) is 22.7 Å². The molecule has 16 heavy (non-hydrogen) atoms. The van der Waals surface area contributed by atoms with E-state index in [0.29, 0.717) is 16.7 Å². The van der Waals surface area contributed by atoms with E-state index in [4.69, 9.17) is 5.73 Å². The Balaban J connectivity index is 2.14. The van der Waals surface area contributed by atoms with Gasteiger partial charge in [0.1, 0.15) is 0 Å². The van der Waals surface area contributed by atoms with Crippen LogP contribution in [-0.4, -0.2) is 17.3 Å². The van der Waals surface area contributed by atoms with E-state index in [9.17, 15) is 5.11 Å². The third kappa shape index (κ3) is 1.70. The quantitative estimate of drug-likeness (QED) is 0.775. The molecule has 0 aromatic heterocycles. The van der Waals surface area contributed by atoms with Gasteiger partial charge in [0.2, 0.25) is 0 Å². The van der Waals surface area contributed by atoms with Crippen LogP contribution in [-0.2, 0) is 0 Å². The molecular formula is C14H27NO. The summed E-state index contributed by atoms with van der Waals surface area (Å²) in [6, 6.07) is -0.0551. The molecule has 2 heteroatoms. The molecule has 2 fully saturated rings. The molecule has 0 heterocycles. The molecule has 5 unspecified atom stereocenters. The van der Waals surface area contributed by atoms with Crippen LogP contribution in [0.5, 0.6) is 0 Å². The highest BCUT2D eigenvalue weighted by atomic mass is 16.3. The van der Waals surface area contributed by atoms with E-state index >= 15 is 0 Å². The molecule has 0 saturated heterocycles. The standard InChI is InChI=1S/C14H27NO/c1-9(16)11(15)7-12-13(2,3)10-5-6-14(12,4)8-10/h9-12,16H,5-8,15H2,1-4H3. The van der Waals surface area contributed by atoms with Crippen molar-refractivity contribution in [1.82, 2.24) is 0 Å². The van der Waals surface area contributed by atoms with Crippen molar-refractivity contribution in [2.75, 3.05) is 0 Å². The fourth-order valence-corrected chi connectivity index (χ4v) is 4.46. The number of aliphatic hydroxyl groups excluding tert-OH is 1. The SMILES string of the molecule is CC(O)C(N)CC1C2(C)CCC(C2)C1(C)C. The highest BCUT2D eigenvalue weighted by Gasteiger charge is 2.58. The zero-order chi connectivity index (χ0) is 12.1. The normalized spacial score (nSPS) is 44.6. The van der Waals surface area contributed by atoms with Crippen molar-refractivity contribution < 1.29 is 5.11 Å². The molecule has 0 aliphatic heterocycles. The van der Waals surface area contributed by atoms with Gasteiger partial charge in [0.05, 0.1) is 6.10 Å². The Hall–Kier alpha value is -0.0800. The van der Waals surface area contributed by atoms with E-state index in [1.807, 2.05) is 6.92 Å². The Morgan fingerprint density at radius 1 is 1.38 bits per heavy atom. The van der Waals surface area contributed by atoms with Gasteiger partial charge in [0, 0.05) is 6.04 Å². The minimum absolute atomic E-state index is 0.0551. The van der Waals surface area contributed by atoms with Gasteiger partial charge in [0.25, 0.3) is 0 Å². The van der Waals surface area contributed by atoms with Gasteiger partial charge in [-0.3, -0.25) is 0 Å². The number of hydrogen-bond acceptors (Lipinski definition) is 2. The first-order valence-corrected chi connectivity index (χ1v) is 6.71. The van der Waals surface area contributed by atoms with Crippen molar-refractivity contribution >= 4 is 0 Å². The Morgan fingerprint density at radius 2 is 2.00 bits per heavy atom. The van der Waals surface area contributed by atoms with Crippen LogP contribution < -0.4 is 5.73 Å². The maximum atomic E-state index is 9.58. The summed E-state index contributed by atoms with van der Waals surface area (Å²) in [5.74, 6) is 1.56. The summed E-state index contributed by atoms with van der Waals surface area (Å²) in [6.07, 6.45) is 4.73. The molecule has 94 valence electrons. The molecule has 2 aliphatic rings. The molecule has 5 atom stereocenters. The van der Waals surface area contributed by atoms with E-state index in [1.54, 1.807) is 0 Å². The second-order valence-electron chi connectivity index (χ2n) is 7.11. The number of nitrogens with two attached hydrogens (primary N) is 1. The average molecular weight is 225 g/mol. The molecule has 2 nitrogen and oxygen atoms in total. The highest BCUT2D eigenvalue weighted by Crippen LogP contribution is 2.67. The molecule has 3 N–H and O–H groups in total. The predicted octanol–water partition coefficient (Wildman–Crippen LogP) is 2.55. The lowest BCUT2D eigenvalue weighted by atomic mass is 9.62. The van der Waals surface area contributed by atoms with Crippen molar-refractivity contribution in [3.63, 3.8) is 0 Å². The molecule has 0 radical (unpaired) electrons. The average Bonchev–Trinajstić information content (AvgIpc) is 2.63. The van der Waals surface area contributed by atoms with Crippen molar-refractivity contribution in [3.05, 3.63) is 0 Å². The maximum Gasteiger partial charge on any atom is 0.0663 e. The largest absolute Gasteiger partial charge is 0.392 e. The monoisotopic (exact) mass is 225 g/mol. The molecule has 0 spiro atoms. The summed E-state index contributed by atoms with van der Waals surface area (Å²) in [5, 5.41) is 9.58. The van der Waals surface area contributed by atoms with E-state index in [1.165, 1.54) is 19.3 Å². The van der Waals surface area contributed by atoms with E-state index in [-0.39, 0.29) is 12.1 Å². The number of rotatable bonds is 3. The zero-order valence-electron chi connectivity index (χ0n) is 11.2. The Morgan fingerprint density at radius 3 is 2.44 bits per heavy atom. The third-order valence-corrected chi connectivity index (χ3v) is 5.70. The minimum Gasteiger partial charge on any atom is -0.392 e. The van der Waals surface area contributed by atoms with Gasteiger partial charge in [-0.15, -0.1) is 0 Å². The fourth-order valence-electron chi connectivity index (χ4n) is 4.46. The van der Waals surface area contributed by atoms with Gasteiger partial charge in [-0.25, -0.2) is 0 Å². The van der Waals surface area contributed by atoms with Crippen molar-refractivity contribution in [3.8, 4) is 0 Å². The smallest absolute Gasteiger partial charge is 0.0663 e. The van der Waals surface area contributed by atoms with Crippen LogP contribution in [0.25, 0.3) is 0 Å². The topological polar surface area (TPSA) is 46.2 Å². The van der Waals surface area contributed by atoms with Gasteiger partial charge in [-0.1, -0.05) is 20.8 Å². The van der Waals surface area contributed by atoms with Crippen LogP contribution in [0.1, 0.15) is 53.4 Å². The Labute approximate surface area is 99.6 Å². The maximum absolute atomic E-state index is 9.58. The first kappa shape index (κ1) is 12.4. The number of fused-ring (bicyclic) bond motifs is 2. The van der Waals surface area contributed by atoms with Gasteiger partial charge < -0.3 is 10.8 Å². The molecule has 2 saturated carbocycles. The summed E-state index contributed by atoms with van der Waals surface area (Å²) in [5.41, 5.74) is 6.96. The van der Waals surface area contributed by atoms with Crippen LogP contribution in [0.3, 0.4) is 0 Å². The highest BCUT2D eigenvalue weighted by molar-refractivity contribution is 5.08. The van der Waals surface area contributed by atoms with Gasteiger partial charge in [-0.05, 0) is 55.3 Å². The number of hydrogen-bond donors (Lipinski definition) is 2. The van der Waals surface area contributed by atoms with E-state index in [2.05, 4.69) is 20.8 Å². The van der Waals surface area contributed by atoms with Crippen LogP contribution >= 0.6 is 0 Å². The molecule has 0 aromatic carbocycles. The van der Waals surface area contributed by atoms with Crippen molar-refractivity contribution in [2.24, 2.45) is 28.4 Å². The zero-order valence-corrected chi connectivity index (χ0v) is 11.2. The van der Waals surface area contributed by atoms with Crippen molar-refractivity contribution in [2.45, 2.75) is 65.5 Å². The fraction of sp³-hybridized carbons (Fsp3) is 1.00. The third-order valence-electron chi connectivity index (χ3n) is 5.70. The van der Waals surface area contributed by atoms with Gasteiger partial charge in [0.15, 0.2) is 0 Å². The van der Waals surface area contributed by atoms with Crippen LogP contribution in [0.2, 0.25) is 0 Å². The lowest BCUT2D eigenvalue weighted by molar-refractivity contribution is 0.0435. The number of aliphatic hydroxyl groups is 1. The lowest BCUT2D eigenvalue weighted by Crippen LogP contribution is -2.42. The van der Waals surface area contributed by atoms with Gasteiger partial charge in [-0.2, -0.15) is 0 Å². The summed E-state index contributed by atoms with van der Waals surface area (Å²) >= 11 is 0. The molecular weight excluding hydrogens is 198 g/mol. The Kier molecular flexibility index (Phi) is 2.87. The van der Waals surface area contributed by atoms with Crippen molar-refractivity contribution in [1.29, 1.82) is 0 Å². The summed E-state index contributed by atoms with van der Waals surface area (Å²) in [7, 11) is 0. The van der Waals surface area contributed by atoms with E-state index < -0.39 is 0 Å². The summed E-state index contributed by atoms with van der Waals surface area (Å²) in [6.45, 7) is 9.05. The van der Waals surface area contributed by atoms with Gasteiger partial charge >= 0.3 is 0 Å². The molecule has 2 aliphatic carbocycles. The molecule has 0 aromatic rings. The molecule has 2 bridgehead atoms. The molecule has 0 amide bonds. The molecule has 2 rings (SSSR count). The second-order valence-corrected chi connectivity index (χ2v) is 7.11. The first-order chi connectivity index (χ1) is 7.27.